The minimum absolute atomic E-state index is 0.422. The quantitative estimate of drug-likeness (QED) is 0.244. The zero-order chi connectivity index (χ0) is 9.56. The summed E-state index contributed by atoms with van der Waals surface area (Å²) in [6, 6.07) is 0. The third-order valence-corrected chi connectivity index (χ3v) is 1.78. The summed E-state index contributed by atoms with van der Waals surface area (Å²) in [5.74, 6) is 0.541. The predicted molar refractivity (Wildman–Crippen MR) is 48.1 cm³/mol. The van der Waals surface area contributed by atoms with Crippen molar-refractivity contribution in [3.05, 3.63) is 0 Å². The standard InChI is InChI=1S/C8H18N2O2/c1-7(9)10(2)6-4-3-5-8(11)12/h8-9,11-12H,3-6H2,1-2H3. The van der Waals surface area contributed by atoms with Crippen LogP contribution in [-0.2, 0) is 0 Å². The number of hydrogen-bond acceptors (Lipinski definition) is 3. The van der Waals surface area contributed by atoms with Crippen molar-refractivity contribution in [1.82, 2.24) is 4.90 Å². The Morgan fingerprint density at radius 1 is 1.42 bits per heavy atom. The van der Waals surface area contributed by atoms with E-state index in [1.165, 1.54) is 0 Å². The van der Waals surface area contributed by atoms with Crippen LogP contribution in [0.1, 0.15) is 26.2 Å². The molecule has 0 aromatic rings. The topological polar surface area (TPSA) is 67.6 Å². The number of aliphatic hydroxyl groups excluding tert-OH is 1. The maximum Gasteiger partial charge on any atom is 0.151 e. The van der Waals surface area contributed by atoms with Gasteiger partial charge in [0.05, 0.1) is 5.84 Å². The molecule has 0 bridgehead atoms. The zero-order valence-corrected chi connectivity index (χ0v) is 7.75. The van der Waals surface area contributed by atoms with Crippen molar-refractivity contribution in [3.8, 4) is 0 Å². The van der Waals surface area contributed by atoms with Gasteiger partial charge in [0.2, 0.25) is 0 Å². The fourth-order valence-electron chi connectivity index (χ4n) is 0.844. The molecule has 0 unspecified atom stereocenters. The first kappa shape index (κ1) is 11.4. The first-order valence-electron chi connectivity index (χ1n) is 4.16. The zero-order valence-electron chi connectivity index (χ0n) is 7.75. The molecule has 4 nitrogen and oxygen atoms in total. The maximum absolute atomic E-state index is 8.53. The maximum atomic E-state index is 8.53. The number of aliphatic hydroxyl groups is 2. The smallest absolute Gasteiger partial charge is 0.151 e. The van der Waals surface area contributed by atoms with E-state index in [2.05, 4.69) is 0 Å². The van der Waals surface area contributed by atoms with Gasteiger partial charge in [-0.05, 0) is 26.2 Å². The highest BCUT2D eigenvalue weighted by Gasteiger charge is 2.00. The van der Waals surface area contributed by atoms with Crippen LogP contribution in [0.4, 0.5) is 0 Å². The molecule has 0 atom stereocenters. The molecule has 0 aliphatic heterocycles. The summed E-state index contributed by atoms with van der Waals surface area (Å²) < 4.78 is 0. The fourth-order valence-corrected chi connectivity index (χ4v) is 0.844. The molecule has 12 heavy (non-hydrogen) atoms. The summed E-state index contributed by atoms with van der Waals surface area (Å²) in [6.45, 7) is 2.54. The number of nitrogens with one attached hydrogen (secondary N) is 1. The molecule has 0 heterocycles. The van der Waals surface area contributed by atoms with Gasteiger partial charge in [-0.2, -0.15) is 0 Å². The molecule has 0 saturated heterocycles. The third kappa shape index (κ3) is 6.12. The van der Waals surface area contributed by atoms with Crippen LogP contribution in [-0.4, -0.2) is 40.8 Å². The van der Waals surface area contributed by atoms with Gasteiger partial charge in [0.1, 0.15) is 0 Å². The Kier molecular flexibility index (Phi) is 5.66. The average Bonchev–Trinajstić information content (AvgIpc) is 1.97. The second-order valence-corrected chi connectivity index (χ2v) is 2.98. The van der Waals surface area contributed by atoms with E-state index in [4.69, 9.17) is 15.6 Å². The minimum atomic E-state index is -1.18. The number of amidine groups is 1. The van der Waals surface area contributed by atoms with Crippen molar-refractivity contribution in [1.29, 1.82) is 5.41 Å². The second kappa shape index (κ2) is 5.97. The lowest BCUT2D eigenvalue weighted by molar-refractivity contribution is -0.0466. The Hall–Kier alpha value is -0.610. The summed E-state index contributed by atoms with van der Waals surface area (Å²) in [5.41, 5.74) is 0. The van der Waals surface area contributed by atoms with Gasteiger partial charge in [0, 0.05) is 13.6 Å². The molecule has 0 saturated carbocycles. The highest BCUT2D eigenvalue weighted by atomic mass is 16.5. The minimum Gasteiger partial charge on any atom is -0.368 e. The number of rotatable bonds is 5. The van der Waals surface area contributed by atoms with Gasteiger partial charge in [0.25, 0.3) is 0 Å². The third-order valence-electron chi connectivity index (χ3n) is 1.78. The van der Waals surface area contributed by atoms with E-state index in [1.807, 2.05) is 11.9 Å². The van der Waals surface area contributed by atoms with Crippen LogP contribution in [0.3, 0.4) is 0 Å². The summed E-state index contributed by atoms with van der Waals surface area (Å²) in [4.78, 5) is 1.84. The van der Waals surface area contributed by atoms with E-state index in [9.17, 15) is 0 Å². The summed E-state index contributed by atoms with van der Waals surface area (Å²) in [6.07, 6.45) is 0.918. The predicted octanol–water partition coefficient (Wildman–Crippen LogP) is 0.396. The highest BCUT2D eigenvalue weighted by Crippen LogP contribution is 1.99. The Morgan fingerprint density at radius 2 is 2.00 bits per heavy atom. The van der Waals surface area contributed by atoms with Gasteiger partial charge in [-0.1, -0.05) is 0 Å². The fraction of sp³-hybridized carbons (Fsp3) is 0.875. The normalized spacial score (nSPS) is 10.4. The molecule has 0 radical (unpaired) electrons. The molecule has 0 aromatic carbocycles. The Morgan fingerprint density at radius 3 is 2.42 bits per heavy atom. The number of nitrogens with zero attached hydrogens (tertiary/aromatic N) is 1. The van der Waals surface area contributed by atoms with Crippen molar-refractivity contribution < 1.29 is 10.2 Å². The van der Waals surface area contributed by atoms with Gasteiger partial charge >= 0.3 is 0 Å². The molecule has 0 fully saturated rings. The van der Waals surface area contributed by atoms with Crippen LogP contribution in [0.2, 0.25) is 0 Å². The Balaban J connectivity index is 3.25. The molecule has 0 aliphatic carbocycles. The van der Waals surface area contributed by atoms with Crippen LogP contribution in [0.25, 0.3) is 0 Å². The van der Waals surface area contributed by atoms with Crippen LogP contribution in [0.5, 0.6) is 0 Å². The first-order valence-corrected chi connectivity index (χ1v) is 4.16. The largest absolute Gasteiger partial charge is 0.368 e. The molecular weight excluding hydrogens is 156 g/mol. The first-order chi connectivity index (χ1) is 5.54. The van der Waals surface area contributed by atoms with Gasteiger partial charge in [-0.3, -0.25) is 5.41 Å². The second-order valence-electron chi connectivity index (χ2n) is 2.98. The molecule has 3 N–H and O–H groups in total. The summed E-state index contributed by atoms with van der Waals surface area (Å²) >= 11 is 0. The van der Waals surface area contributed by atoms with Gasteiger partial charge in [-0.25, -0.2) is 0 Å². The molecule has 0 rings (SSSR count). The van der Waals surface area contributed by atoms with Crippen molar-refractivity contribution >= 4 is 5.84 Å². The van der Waals surface area contributed by atoms with E-state index in [1.54, 1.807) is 6.92 Å². The molecule has 0 aromatic heterocycles. The summed E-state index contributed by atoms with van der Waals surface area (Å²) in [5, 5.41) is 24.3. The van der Waals surface area contributed by atoms with E-state index in [-0.39, 0.29) is 0 Å². The van der Waals surface area contributed by atoms with Crippen molar-refractivity contribution in [2.75, 3.05) is 13.6 Å². The van der Waals surface area contributed by atoms with E-state index in [0.717, 1.165) is 19.4 Å². The van der Waals surface area contributed by atoms with Crippen molar-refractivity contribution in [3.63, 3.8) is 0 Å². The van der Waals surface area contributed by atoms with E-state index < -0.39 is 6.29 Å². The molecule has 0 amide bonds. The number of unbranched alkanes of at least 4 members (excludes halogenated alkanes) is 1. The van der Waals surface area contributed by atoms with Crippen molar-refractivity contribution in [2.24, 2.45) is 0 Å². The molecule has 0 aliphatic rings. The van der Waals surface area contributed by atoms with Crippen LogP contribution >= 0.6 is 0 Å². The van der Waals surface area contributed by atoms with Crippen LogP contribution < -0.4 is 0 Å². The summed E-state index contributed by atoms with van der Waals surface area (Å²) in [7, 11) is 1.86. The molecule has 0 spiro atoms. The van der Waals surface area contributed by atoms with Crippen LogP contribution in [0, 0.1) is 5.41 Å². The lowest BCUT2D eigenvalue weighted by atomic mass is 10.2. The molecule has 4 heteroatoms. The van der Waals surface area contributed by atoms with Gasteiger partial charge in [0.15, 0.2) is 6.29 Å². The average molecular weight is 174 g/mol. The van der Waals surface area contributed by atoms with E-state index >= 15 is 0 Å². The molecular formula is C8H18N2O2. The SMILES string of the molecule is CC(=N)N(C)CCCCC(O)O. The Labute approximate surface area is 73.3 Å². The monoisotopic (exact) mass is 174 g/mol. The van der Waals surface area contributed by atoms with Crippen molar-refractivity contribution in [2.45, 2.75) is 32.5 Å². The van der Waals surface area contributed by atoms with Crippen LogP contribution in [0.15, 0.2) is 0 Å². The van der Waals surface area contributed by atoms with Gasteiger partial charge in [-0.15, -0.1) is 0 Å². The lowest BCUT2D eigenvalue weighted by Crippen LogP contribution is -2.24. The van der Waals surface area contributed by atoms with Gasteiger partial charge < -0.3 is 15.1 Å². The highest BCUT2D eigenvalue weighted by molar-refractivity contribution is 5.75. The number of hydrogen-bond donors (Lipinski definition) is 3. The molecule has 72 valence electrons. The van der Waals surface area contributed by atoms with E-state index in [0.29, 0.717) is 12.3 Å². The lowest BCUT2D eigenvalue weighted by Gasteiger charge is -2.16. The Bertz CT molecular complexity index is 137.